The number of ether oxygens (including phenoxy) is 1. The lowest BCUT2D eigenvalue weighted by molar-refractivity contribution is -0.143. The summed E-state index contributed by atoms with van der Waals surface area (Å²) in [7, 11) is 0. The third-order valence-electron chi connectivity index (χ3n) is 2.78. The fourth-order valence-corrected chi connectivity index (χ4v) is 1.78. The van der Waals surface area contributed by atoms with Gasteiger partial charge in [0.05, 0.1) is 18.7 Å². The quantitative estimate of drug-likeness (QED) is 0.648. The molecule has 1 aromatic carbocycles. The number of carbonyl (C=O) groups excluding carboxylic acids is 2. The van der Waals surface area contributed by atoms with Crippen molar-refractivity contribution < 1.29 is 14.3 Å². The standard InChI is InChI=1S/C16H20N2O3/c1-3-18(12-15(19)21-4-2)16(20)14-10-6-5-8-13(14)9-7-11-17/h5-6,8,10H,3-4,11-12,17H2,1-2H3. The lowest BCUT2D eigenvalue weighted by atomic mass is 10.1. The lowest BCUT2D eigenvalue weighted by Gasteiger charge is -2.20. The molecule has 1 rings (SSSR count). The second kappa shape index (κ2) is 8.77. The summed E-state index contributed by atoms with van der Waals surface area (Å²) in [6.45, 7) is 4.41. The van der Waals surface area contributed by atoms with Gasteiger partial charge in [0.25, 0.3) is 5.91 Å². The molecule has 0 fully saturated rings. The first kappa shape index (κ1) is 16.7. The molecule has 0 atom stereocenters. The van der Waals surface area contributed by atoms with Crippen molar-refractivity contribution in [3.63, 3.8) is 0 Å². The number of nitrogens with zero attached hydrogens (tertiary/aromatic N) is 1. The molecule has 0 radical (unpaired) electrons. The summed E-state index contributed by atoms with van der Waals surface area (Å²) in [5.41, 5.74) is 6.43. The number of esters is 1. The molecule has 21 heavy (non-hydrogen) atoms. The summed E-state index contributed by atoms with van der Waals surface area (Å²) in [6, 6.07) is 7.02. The van der Waals surface area contributed by atoms with Gasteiger partial charge < -0.3 is 15.4 Å². The van der Waals surface area contributed by atoms with Crippen LogP contribution in [0.3, 0.4) is 0 Å². The lowest BCUT2D eigenvalue weighted by Crippen LogP contribution is -2.36. The zero-order chi connectivity index (χ0) is 15.7. The van der Waals surface area contributed by atoms with Crippen molar-refractivity contribution in [2.75, 3.05) is 26.2 Å². The second-order valence-corrected chi connectivity index (χ2v) is 4.18. The van der Waals surface area contributed by atoms with Crippen molar-refractivity contribution in [1.29, 1.82) is 0 Å². The van der Waals surface area contributed by atoms with Crippen LogP contribution in [0.1, 0.15) is 29.8 Å². The molecular weight excluding hydrogens is 268 g/mol. The minimum atomic E-state index is -0.418. The Labute approximate surface area is 125 Å². The van der Waals surface area contributed by atoms with Gasteiger partial charge in [0.1, 0.15) is 6.54 Å². The van der Waals surface area contributed by atoms with E-state index >= 15 is 0 Å². The Morgan fingerprint density at radius 2 is 2.00 bits per heavy atom. The maximum Gasteiger partial charge on any atom is 0.325 e. The molecule has 0 saturated heterocycles. The van der Waals surface area contributed by atoms with Crippen LogP contribution in [0.2, 0.25) is 0 Å². The topological polar surface area (TPSA) is 72.6 Å². The van der Waals surface area contributed by atoms with Crippen LogP contribution in [-0.2, 0) is 9.53 Å². The van der Waals surface area contributed by atoms with E-state index in [9.17, 15) is 9.59 Å². The molecule has 5 nitrogen and oxygen atoms in total. The number of nitrogens with two attached hydrogens (primary N) is 1. The van der Waals surface area contributed by atoms with Crippen LogP contribution in [0.25, 0.3) is 0 Å². The highest BCUT2D eigenvalue weighted by molar-refractivity contribution is 5.98. The summed E-state index contributed by atoms with van der Waals surface area (Å²) >= 11 is 0. The van der Waals surface area contributed by atoms with Gasteiger partial charge >= 0.3 is 5.97 Å². The van der Waals surface area contributed by atoms with E-state index in [0.717, 1.165) is 0 Å². The van der Waals surface area contributed by atoms with Crippen molar-refractivity contribution in [3.05, 3.63) is 35.4 Å². The minimum Gasteiger partial charge on any atom is -0.465 e. The Morgan fingerprint density at radius 1 is 1.29 bits per heavy atom. The summed E-state index contributed by atoms with van der Waals surface area (Å²) in [6.07, 6.45) is 0. The van der Waals surface area contributed by atoms with Gasteiger partial charge in [0, 0.05) is 12.1 Å². The molecule has 0 heterocycles. The third-order valence-corrected chi connectivity index (χ3v) is 2.78. The van der Waals surface area contributed by atoms with E-state index in [-0.39, 0.29) is 19.0 Å². The van der Waals surface area contributed by atoms with Gasteiger partial charge in [-0.2, -0.15) is 0 Å². The fourth-order valence-electron chi connectivity index (χ4n) is 1.78. The number of carbonyl (C=O) groups is 2. The van der Waals surface area contributed by atoms with Gasteiger partial charge in [-0.05, 0) is 26.0 Å². The second-order valence-electron chi connectivity index (χ2n) is 4.18. The zero-order valence-electron chi connectivity index (χ0n) is 12.4. The van der Waals surface area contributed by atoms with Crippen LogP contribution in [0, 0.1) is 11.8 Å². The maximum atomic E-state index is 12.5. The predicted molar refractivity (Wildman–Crippen MR) is 80.6 cm³/mol. The highest BCUT2D eigenvalue weighted by atomic mass is 16.5. The largest absolute Gasteiger partial charge is 0.465 e. The van der Waals surface area contributed by atoms with E-state index < -0.39 is 5.97 Å². The van der Waals surface area contributed by atoms with Gasteiger partial charge in [0.15, 0.2) is 0 Å². The number of rotatable bonds is 5. The number of hydrogen-bond donors (Lipinski definition) is 1. The molecule has 5 heteroatoms. The monoisotopic (exact) mass is 288 g/mol. The van der Waals surface area contributed by atoms with E-state index in [2.05, 4.69) is 11.8 Å². The van der Waals surface area contributed by atoms with E-state index in [1.165, 1.54) is 4.90 Å². The summed E-state index contributed by atoms with van der Waals surface area (Å²) in [5.74, 6) is 4.94. The average Bonchev–Trinajstić information content (AvgIpc) is 2.50. The molecule has 0 bridgehead atoms. The summed E-state index contributed by atoms with van der Waals surface area (Å²) in [5, 5.41) is 0. The van der Waals surface area contributed by atoms with Gasteiger partial charge in [-0.15, -0.1) is 0 Å². The molecule has 0 aliphatic rings. The van der Waals surface area contributed by atoms with Crippen LogP contribution in [0.15, 0.2) is 24.3 Å². The first-order valence-corrected chi connectivity index (χ1v) is 6.86. The average molecular weight is 288 g/mol. The zero-order valence-corrected chi connectivity index (χ0v) is 12.4. The van der Waals surface area contributed by atoms with E-state index in [0.29, 0.717) is 24.3 Å². The molecule has 0 unspecified atom stereocenters. The Balaban J connectivity index is 2.97. The van der Waals surface area contributed by atoms with Crippen molar-refractivity contribution in [2.45, 2.75) is 13.8 Å². The van der Waals surface area contributed by atoms with Gasteiger partial charge in [-0.3, -0.25) is 9.59 Å². The molecule has 1 aromatic rings. The minimum absolute atomic E-state index is 0.0676. The highest BCUT2D eigenvalue weighted by Gasteiger charge is 2.19. The Kier molecular flexibility index (Phi) is 6.99. The van der Waals surface area contributed by atoms with Crippen molar-refractivity contribution in [2.24, 2.45) is 5.73 Å². The number of amides is 1. The Hall–Kier alpha value is -2.32. The molecule has 0 saturated carbocycles. The van der Waals surface area contributed by atoms with Crippen LogP contribution in [0.4, 0.5) is 0 Å². The number of hydrogen-bond acceptors (Lipinski definition) is 4. The summed E-state index contributed by atoms with van der Waals surface area (Å²) < 4.78 is 4.88. The molecule has 1 amide bonds. The molecule has 2 N–H and O–H groups in total. The third kappa shape index (κ3) is 4.93. The van der Waals surface area contributed by atoms with Crippen molar-refractivity contribution in [3.8, 4) is 11.8 Å². The van der Waals surface area contributed by atoms with E-state index in [1.54, 1.807) is 31.2 Å². The Bertz CT molecular complexity index is 558. The van der Waals surface area contributed by atoms with Crippen LogP contribution >= 0.6 is 0 Å². The van der Waals surface area contributed by atoms with Gasteiger partial charge in [-0.1, -0.05) is 24.0 Å². The van der Waals surface area contributed by atoms with E-state index in [1.807, 2.05) is 6.92 Å². The smallest absolute Gasteiger partial charge is 0.325 e. The van der Waals surface area contributed by atoms with Gasteiger partial charge in [0.2, 0.25) is 0 Å². The molecular formula is C16H20N2O3. The van der Waals surface area contributed by atoms with Crippen molar-refractivity contribution >= 4 is 11.9 Å². The van der Waals surface area contributed by atoms with Crippen LogP contribution < -0.4 is 5.73 Å². The predicted octanol–water partition coefficient (Wildman–Crippen LogP) is 1.02. The van der Waals surface area contributed by atoms with E-state index in [4.69, 9.17) is 10.5 Å². The molecule has 0 aliphatic carbocycles. The molecule has 112 valence electrons. The Morgan fingerprint density at radius 3 is 2.62 bits per heavy atom. The summed E-state index contributed by atoms with van der Waals surface area (Å²) in [4.78, 5) is 25.5. The highest BCUT2D eigenvalue weighted by Crippen LogP contribution is 2.11. The first-order chi connectivity index (χ1) is 10.1. The van der Waals surface area contributed by atoms with Crippen LogP contribution in [0.5, 0.6) is 0 Å². The molecule has 0 spiro atoms. The van der Waals surface area contributed by atoms with Crippen molar-refractivity contribution in [1.82, 2.24) is 4.90 Å². The number of likely N-dealkylation sites (N-methyl/N-ethyl adjacent to an activating group) is 1. The molecule has 0 aromatic heterocycles. The maximum absolute atomic E-state index is 12.5. The number of benzene rings is 1. The first-order valence-electron chi connectivity index (χ1n) is 6.86. The fraction of sp³-hybridized carbons (Fsp3) is 0.375. The normalized spacial score (nSPS) is 9.48. The SMILES string of the molecule is CCOC(=O)CN(CC)C(=O)c1ccccc1C#CCN. The van der Waals surface area contributed by atoms with Gasteiger partial charge in [-0.25, -0.2) is 0 Å². The molecule has 0 aliphatic heterocycles. The van der Waals surface area contributed by atoms with Crippen LogP contribution in [-0.4, -0.2) is 43.0 Å².